The molecule has 2 aromatic carbocycles. The smallest absolute Gasteiger partial charge is 0.179 e. The van der Waals surface area contributed by atoms with Crippen LogP contribution in [0.5, 0.6) is 5.75 Å². The second-order valence-corrected chi connectivity index (χ2v) is 8.35. The highest BCUT2D eigenvalue weighted by molar-refractivity contribution is 8.08. The first kappa shape index (κ1) is 14.5. The molecule has 0 radical (unpaired) electrons. The maximum absolute atomic E-state index is 12.1. The van der Waals surface area contributed by atoms with Crippen molar-refractivity contribution in [3.05, 3.63) is 60.2 Å². The van der Waals surface area contributed by atoms with Gasteiger partial charge in [-0.2, -0.15) is 11.8 Å². The van der Waals surface area contributed by atoms with Gasteiger partial charge in [-0.25, -0.2) is 8.42 Å². The number of hydrogen-bond donors (Lipinski definition) is 0. The summed E-state index contributed by atoms with van der Waals surface area (Å²) in [6, 6.07) is 16.6. The molecule has 2 aromatic rings. The minimum absolute atomic E-state index is 0.238. The van der Waals surface area contributed by atoms with Crippen molar-refractivity contribution in [3.8, 4) is 5.75 Å². The molecule has 1 saturated heterocycles. The van der Waals surface area contributed by atoms with E-state index < -0.39 is 9.84 Å². The van der Waals surface area contributed by atoms with Crippen molar-refractivity contribution in [1.82, 2.24) is 0 Å². The fraction of sp³-hybridized carbons (Fsp3) is 0.250. The Labute approximate surface area is 129 Å². The summed E-state index contributed by atoms with van der Waals surface area (Å²) in [5.74, 6) is 1.87. The molecule has 1 fully saturated rings. The van der Waals surface area contributed by atoms with E-state index in [-0.39, 0.29) is 11.0 Å². The largest absolute Gasteiger partial charge is 0.489 e. The molecular formula is C16H16O3S2. The van der Waals surface area contributed by atoms with Gasteiger partial charge in [0.25, 0.3) is 0 Å². The van der Waals surface area contributed by atoms with Crippen molar-refractivity contribution in [2.75, 3.05) is 11.5 Å². The molecule has 0 aromatic heterocycles. The maximum Gasteiger partial charge on any atom is 0.179 e. The van der Waals surface area contributed by atoms with Crippen LogP contribution >= 0.6 is 11.8 Å². The Hall–Kier alpha value is -1.46. The van der Waals surface area contributed by atoms with Crippen LogP contribution in [0.4, 0.5) is 0 Å². The van der Waals surface area contributed by atoms with Crippen LogP contribution in [0.2, 0.25) is 0 Å². The van der Waals surface area contributed by atoms with E-state index in [1.807, 2.05) is 30.3 Å². The minimum atomic E-state index is -3.16. The third-order valence-corrected chi connectivity index (χ3v) is 6.25. The summed E-state index contributed by atoms with van der Waals surface area (Å²) in [6.07, 6.45) is 0. The molecule has 3 rings (SSSR count). The Balaban J connectivity index is 1.63. The highest BCUT2D eigenvalue weighted by Gasteiger charge is 2.29. The molecule has 1 heterocycles. The lowest BCUT2D eigenvalue weighted by Crippen LogP contribution is -2.10. The Morgan fingerprint density at radius 2 is 1.71 bits per heavy atom. The van der Waals surface area contributed by atoms with Crippen LogP contribution in [0.1, 0.15) is 5.56 Å². The predicted octanol–water partition coefficient (Wildman–Crippen LogP) is 3.15. The lowest BCUT2D eigenvalue weighted by molar-refractivity contribution is 0.306. The third kappa shape index (κ3) is 4.02. The van der Waals surface area contributed by atoms with E-state index in [0.29, 0.717) is 17.3 Å². The van der Waals surface area contributed by atoms with Crippen molar-refractivity contribution < 1.29 is 13.2 Å². The Bertz CT molecular complexity index is 690. The molecule has 110 valence electrons. The van der Waals surface area contributed by atoms with E-state index >= 15 is 0 Å². The van der Waals surface area contributed by atoms with Crippen LogP contribution in [0.15, 0.2) is 59.5 Å². The molecule has 0 spiro atoms. The van der Waals surface area contributed by atoms with Crippen molar-refractivity contribution in [3.63, 3.8) is 0 Å². The van der Waals surface area contributed by atoms with Crippen molar-refractivity contribution in [1.29, 1.82) is 0 Å². The zero-order valence-electron chi connectivity index (χ0n) is 11.4. The number of ether oxygens (including phenoxy) is 1. The van der Waals surface area contributed by atoms with E-state index in [4.69, 9.17) is 4.74 Å². The van der Waals surface area contributed by atoms with Crippen molar-refractivity contribution in [2.24, 2.45) is 0 Å². The van der Waals surface area contributed by atoms with Gasteiger partial charge in [0.15, 0.2) is 9.84 Å². The average Bonchev–Trinajstić information content (AvgIpc) is 3.30. The first-order valence-electron chi connectivity index (χ1n) is 6.75. The fourth-order valence-electron chi connectivity index (χ4n) is 1.99. The highest BCUT2D eigenvalue weighted by Crippen LogP contribution is 2.33. The first-order valence-corrected chi connectivity index (χ1v) is 9.45. The zero-order valence-corrected chi connectivity index (χ0v) is 13.1. The van der Waals surface area contributed by atoms with Crippen LogP contribution in [0.25, 0.3) is 0 Å². The van der Waals surface area contributed by atoms with Gasteiger partial charge in [-0.3, -0.25) is 0 Å². The summed E-state index contributed by atoms with van der Waals surface area (Å²) in [5.41, 5.74) is 1.08. The molecule has 3 nitrogen and oxygen atoms in total. The standard InChI is InChI=1S/C16H16O3S2/c17-21(18,12-15-11-20-15)16-8-6-14(7-9-16)19-10-13-4-2-1-3-5-13/h1-9,15H,10-12H2. The molecule has 21 heavy (non-hydrogen) atoms. The second-order valence-electron chi connectivity index (χ2n) is 4.98. The Morgan fingerprint density at radius 3 is 2.33 bits per heavy atom. The lowest BCUT2D eigenvalue weighted by atomic mass is 10.2. The normalized spacial score (nSPS) is 17.4. The number of hydrogen-bond acceptors (Lipinski definition) is 4. The summed E-state index contributed by atoms with van der Waals surface area (Å²) in [7, 11) is -3.16. The third-order valence-electron chi connectivity index (χ3n) is 3.24. The predicted molar refractivity (Wildman–Crippen MR) is 85.5 cm³/mol. The number of sulfone groups is 1. The molecule has 1 aliphatic heterocycles. The van der Waals surface area contributed by atoms with Crippen molar-refractivity contribution >= 4 is 21.6 Å². The van der Waals surface area contributed by atoms with E-state index in [1.165, 1.54) is 0 Å². The molecule has 0 amide bonds. The lowest BCUT2D eigenvalue weighted by Gasteiger charge is -2.08. The van der Waals surface area contributed by atoms with Crippen LogP contribution in [0.3, 0.4) is 0 Å². The molecule has 5 heteroatoms. The van der Waals surface area contributed by atoms with E-state index in [1.54, 1.807) is 36.0 Å². The van der Waals surface area contributed by atoms with Gasteiger partial charge in [-0.05, 0) is 29.8 Å². The van der Waals surface area contributed by atoms with Gasteiger partial charge >= 0.3 is 0 Å². The van der Waals surface area contributed by atoms with E-state index in [9.17, 15) is 8.42 Å². The van der Waals surface area contributed by atoms with E-state index in [2.05, 4.69) is 0 Å². The molecule has 1 unspecified atom stereocenters. The topological polar surface area (TPSA) is 43.4 Å². The molecule has 1 aliphatic rings. The van der Waals surface area contributed by atoms with Crippen LogP contribution < -0.4 is 4.74 Å². The summed E-state index contributed by atoms with van der Waals surface area (Å²) in [5, 5.41) is 0.281. The Morgan fingerprint density at radius 1 is 1.05 bits per heavy atom. The maximum atomic E-state index is 12.1. The van der Waals surface area contributed by atoms with Gasteiger partial charge in [0.2, 0.25) is 0 Å². The number of benzene rings is 2. The second kappa shape index (κ2) is 6.12. The first-order chi connectivity index (χ1) is 10.1. The summed E-state index contributed by atoms with van der Waals surface area (Å²) in [6.45, 7) is 0.478. The molecule has 0 saturated carbocycles. The average molecular weight is 320 g/mol. The summed E-state index contributed by atoms with van der Waals surface area (Å²) >= 11 is 1.69. The SMILES string of the molecule is O=S(=O)(CC1CS1)c1ccc(OCc2ccccc2)cc1. The van der Waals surface area contributed by atoms with Gasteiger partial charge in [0.05, 0.1) is 10.6 Å². The van der Waals surface area contributed by atoms with Gasteiger partial charge in [0.1, 0.15) is 12.4 Å². The van der Waals surface area contributed by atoms with E-state index in [0.717, 1.165) is 11.3 Å². The van der Waals surface area contributed by atoms with Crippen LogP contribution in [-0.4, -0.2) is 25.2 Å². The zero-order chi connectivity index (χ0) is 14.7. The quantitative estimate of drug-likeness (QED) is 0.767. The van der Waals surface area contributed by atoms with Gasteiger partial charge < -0.3 is 4.74 Å². The fourth-order valence-corrected chi connectivity index (χ4v) is 4.67. The summed E-state index contributed by atoms with van der Waals surface area (Å²) < 4.78 is 29.9. The summed E-state index contributed by atoms with van der Waals surface area (Å²) in [4.78, 5) is 0.377. The molecule has 0 bridgehead atoms. The molecule has 0 N–H and O–H groups in total. The number of rotatable bonds is 6. The van der Waals surface area contributed by atoms with Gasteiger partial charge in [-0.15, -0.1) is 0 Å². The molecular weight excluding hydrogens is 304 g/mol. The van der Waals surface area contributed by atoms with Gasteiger partial charge in [-0.1, -0.05) is 30.3 Å². The highest BCUT2D eigenvalue weighted by atomic mass is 32.2. The monoisotopic (exact) mass is 320 g/mol. The number of thioether (sulfide) groups is 1. The molecule has 1 atom stereocenters. The van der Waals surface area contributed by atoms with Crippen molar-refractivity contribution in [2.45, 2.75) is 16.8 Å². The van der Waals surface area contributed by atoms with Crippen LogP contribution in [0, 0.1) is 0 Å². The molecule has 0 aliphatic carbocycles. The Kier molecular flexibility index (Phi) is 4.22. The van der Waals surface area contributed by atoms with Gasteiger partial charge in [0, 0.05) is 11.0 Å². The minimum Gasteiger partial charge on any atom is -0.489 e. The van der Waals surface area contributed by atoms with Crippen LogP contribution in [-0.2, 0) is 16.4 Å².